The summed E-state index contributed by atoms with van der Waals surface area (Å²) in [6.45, 7) is 2.58. The number of ether oxygens (including phenoxy) is 1. The summed E-state index contributed by atoms with van der Waals surface area (Å²) < 4.78 is 8.09. The molecule has 96 valence electrons. The van der Waals surface area contributed by atoms with Crippen molar-refractivity contribution in [1.82, 2.24) is 14.9 Å². The Hall–Kier alpha value is -0.870. The normalized spacial score (nSPS) is 17.5. The second-order valence-electron chi connectivity index (χ2n) is 4.74. The summed E-state index contributed by atoms with van der Waals surface area (Å²) in [5.41, 5.74) is 1.22. The summed E-state index contributed by atoms with van der Waals surface area (Å²) in [7, 11) is 1.95. The Balaban J connectivity index is 1.71. The largest absolute Gasteiger partial charge is 0.376 e. The molecule has 0 aromatic carbocycles. The lowest BCUT2D eigenvalue weighted by Crippen LogP contribution is -2.20. The minimum absolute atomic E-state index is 0.500. The maximum atomic E-state index is 5.92. The molecule has 0 radical (unpaired) electrons. The molecule has 2 rings (SSSR count). The van der Waals surface area contributed by atoms with Crippen LogP contribution in [0.15, 0.2) is 12.5 Å². The van der Waals surface area contributed by atoms with Crippen LogP contribution in [0, 0.1) is 0 Å². The van der Waals surface area contributed by atoms with Gasteiger partial charge in [0.2, 0.25) is 0 Å². The zero-order valence-corrected chi connectivity index (χ0v) is 10.7. The first kappa shape index (κ1) is 12.6. The van der Waals surface area contributed by atoms with Crippen LogP contribution in [0.5, 0.6) is 0 Å². The average molecular weight is 237 g/mol. The lowest BCUT2D eigenvalue weighted by atomic mass is 9.98. The van der Waals surface area contributed by atoms with E-state index in [0.29, 0.717) is 6.10 Å². The molecular formula is C13H23N3O. The quantitative estimate of drug-likeness (QED) is 0.822. The van der Waals surface area contributed by atoms with Crippen molar-refractivity contribution in [2.45, 2.75) is 51.3 Å². The summed E-state index contributed by atoms with van der Waals surface area (Å²) in [6.07, 6.45) is 10.8. The predicted molar refractivity (Wildman–Crippen MR) is 67.8 cm³/mol. The second-order valence-corrected chi connectivity index (χ2v) is 4.74. The minimum atomic E-state index is 0.500. The Morgan fingerprint density at radius 3 is 3.00 bits per heavy atom. The van der Waals surface area contributed by atoms with Gasteiger partial charge in [-0.15, -0.1) is 0 Å². The van der Waals surface area contributed by atoms with Crippen molar-refractivity contribution in [2.24, 2.45) is 0 Å². The summed E-state index contributed by atoms with van der Waals surface area (Å²) >= 11 is 0. The second kappa shape index (κ2) is 6.77. The average Bonchev–Trinajstić information content (AvgIpc) is 2.79. The van der Waals surface area contributed by atoms with E-state index in [1.807, 2.05) is 19.6 Å². The van der Waals surface area contributed by atoms with Gasteiger partial charge in [0, 0.05) is 19.3 Å². The molecule has 1 heterocycles. The number of nitrogens with one attached hydrogen (secondary N) is 1. The molecule has 0 unspecified atom stereocenters. The summed E-state index contributed by atoms with van der Waals surface area (Å²) in [4.78, 5) is 4.17. The molecule has 1 aliphatic rings. The fourth-order valence-corrected chi connectivity index (χ4v) is 2.43. The summed E-state index contributed by atoms with van der Waals surface area (Å²) in [6, 6.07) is 0. The van der Waals surface area contributed by atoms with Crippen molar-refractivity contribution >= 4 is 0 Å². The van der Waals surface area contributed by atoms with Crippen molar-refractivity contribution in [1.29, 1.82) is 0 Å². The van der Waals surface area contributed by atoms with Crippen LogP contribution >= 0.6 is 0 Å². The lowest BCUT2D eigenvalue weighted by Gasteiger charge is -2.22. The van der Waals surface area contributed by atoms with Gasteiger partial charge in [-0.1, -0.05) is 19.3 Å². The van der Waals surface area contributed by atoms with Crippen molar-refractivity contribution in [3.63, 3.8) is 0 Å². The van der Waals surface area contributed by atoms with E-state index in [0.717, 1.165) is 19.7 Å². The number of aromatic nitrogens is 2. The topological polar surface area (TPSA) is 39.1 Å². The Kier molecular flexibility index (Phi) is 5.01. The number of nitrogens with zero attached hydrogens (tertiary/aromatic N) is 2. The molecule has 17 heavy (non-hydrogen) atoms. The number of hydrogen-bond donors (Lipinski definition) is 1. The number of imidazole rings is 1. The zero-order valence-electron chi connectivity index (χ0n) is 10.7. The Morgan fingerprint density at radius 1 is 1.41 bits per heavy atom. The molecular weight excluding hydrogens is 214 g/mol. The van der Waals surface area contributed by atoms with E-state index < -0.39 is 0 Å². The van der Waals surface area contributed by atoms with E-state index in [9.17, 15) is 0 Å². The molecule has 0 spiro atoms. The summed E-state index contributed by atoms with van der Waals surface area (Å²) in [5, 5.41) is 3.15. The van der Waals surface area contributed by atoms with E-state index in [1.54, 1.807) is 0 Å². The molecule has 1 saturated carbocycles. The van der Waals surface area contributed by atoms with E-state index in [4.69, 9.17) is 4.74 Å². The Bertz CT molecular complexity index is 318. The third-order valence-corrected chi connectivity index (χ3v) is 3.39. The van der Waals surface area contributed by atoms with Gasteiger partial charge in [0.15, 0.2) is 0 Å². The van der Waals surface area contributed by atoms with Crippen LogP contribution in [0.4, 0.5) is 0 Å². The van der Waals surface area contributed by atoms with Gasteiger partial charge < -0.3 is 14.6 Å². The fraction of sp³-hybridized carbons (Fsp3) is 0.769. The van der Waals surface area contributed by atoms with Crippen molar-refractivity contribution in [3.8, 4) is 0 Å². The van der Waals surface area contributed by atoms with E-state index >= 15 is 0 Å². The van der Waals surface area contributed by atoms with Gasteiger partial charge in [0.25, 0.3) is 0 Å². The van der Waals surface area contributed by atoms with E-state index in [1.165, 1.54) is 37.8 Å². The van der Waals surface area contributed by atoms with Crippen LogP contribution in [-0.2, 0) is 17.8 Å². The van der Waals surface area contributed by atoms with Crippen LogP contribution in [0.2, 0.25) is 0 Å². The standard InChI is InChI=1S/C13H23N3O/c1-14-9-12-10-15-11-16(12)7-8-17-13-5-3-2-4-6-13/h10-11,13-14H,2-9H2,1H3. The molecule has 1 aliphatic carbocycles. The molecule has 4 nitrogen and oxygen atoms in total. The van der Waals surface area contributed by atoms with Gasteiger partial charge in [0.05, 0.1) is 24.7 Å². The van der Waals surface area contributed by atoms with Gasteiger partial charge in [-0.05, 0) is 19.9 Å². The van der Waals surface area contributed by atoms with Crippen LogP contribution in [-0.4, -0.2) is 29.3 Å². The Morgan fingerprint density at radius 2 is 2.24 bits per heavy atom. The fourth-order valence-electron chi connectivity index (χ4n) is 2.43. The monoisotopic (exact) mass is 237 g/mol. The predicted octanol–water partition coefficient (Wildman–Crippen LogP) is 1.95. The van der Waals surface area contributed by atoms with Gasteiger partial charge in [-0.25, -0.2) is 4.98 Å². The van der Waals surface area contributed by atoms with Crippen LogP contribution in [0.1, 0.15) is 37.8 Å². The molecule has 1 aromatic heterocycles. The first-order valence-electron chi connectivity index (χ1n) is 6.65. The molecule has 0 atom stereocenters. The molecule has 1 fully saturated rings. The van der Waals surface area contributed by atoms with Crippen molar-refractivity contribution in [3.05, 3.63) is 18.2 Å². The Labute approximate surface area is 103 Å². The maximum Gasteiger partial charge on any atom is 0.0949 e. The van der Waals surface area contributed by atoms with E-state index in [-0.39, 0.29) is 0 Å². The molecule has 0 saturated heterocycles. The van der Waals surface area contributed by atoms with Gasteiger partial charge in [0.1, 0.15) is 0 Å². The smallest absolute Gasteiger partial charge is 0.0949 e. The highest BCUT2D eigenvalue weighted by atomic mass is 16.5. The van der Waals surface area contributed by atoms with Crippen molar-refractivity contribution in [2.75, 3.05) is 13.7 Å². The van der Waals surface area contributed by atoms with Crippen LogP contribution in [0.25, 0.3) is 0 Å². The lowest BCUT2D eigenvalue weighted by molar-refractivity contribution is 0.0238. The maximum absolute atomic E-state index is 5.92. The molecule has 4 heteroatoms. The van der Waals surface area contributed by atoms with Gasteiger partial charge >= 0.3 is 0 Å². The van der Waals surface area contributed by atoms with Crippen molar-refractivity contribution < 1.29 is 4.74 Å². The molecule has 0 bridgehead atoms. The van der Waals surface area contributed by atoms with Crippen LogP contribution in [0.3, 0.4) is 0 Å². The van der Waals surface area contributed by atoms with Gasteiger partial charge in [-0.2, -0.15) is 0 Å². The van der Waals surface area contributed by atoms with Gasteiger partial charge in [-0.3, -0.25) is 0 Å². The number of rotatable bonds is 6. The highest BCUT2D eigenvalue weighted by Gasteiger charge is 2.13. The third-order valence-electron chi connectivity index (χ3n) is 3.39. The SMILES string of the molecule is CNCc1cncn1CCOC1CCCCC1. The van der Waals surface area contributed by atoms with Crippen LogP contribution < -0.4 is 5.32 Å². The number of hydrogen-bond acceptors (Lipinski definition) is 3. The minimum Gasteiger partial charge on any atom is -0.376 e. The molecule has 0 aliphatic heterocycles. The third kappa shape index (κ3) is 3.82. The molecule has 0 amide bonds. The first-order chi connectivity index (χ1) is 8.40. The highest BCUT2D eigenvalue weighted by Crippen LogP contribution is 2.20. The molecule has 1 N–H and O–H groups in total. The zero-order chi connectivity index (χ0) is 11.9. The van der Waals surface area contributed by atoms with E-state index in [2.05, 4.69) is 14.9 Å². The molecule has 1 aromatic rings. The summed E-state index contributed by atoms with van der Waals surface area (Å²) in [5.74, 6) is 0. The first-order valence-corrected chi connectivity index (χ1v) is 6.65. The highest BCUT2D eigenvalue weighted by molar-refractivity contribution is 4.97.